The highest BCUT2D eigenvalue weighted by atomic mass is 16.2. The van der Waals surface area contributed by atoms with Gasteiger partial charge in [-0.3, -0.25) is 0 Å². The second kappa shape index (κ2) is 4.90. The van der Waals surface area contributed by atoms with Gasteiger partial charge in [-0.2, -0.15) is 0 Å². The Morgan fingerprint density at radius 2 is 2.15 bits per heavy atom. The van der Waals surface area contributed by atoms with Crippen molar-refractivity contribution < 1.29 is 4.79 Å². The molecule has 3 nitrogen and oxygen atoms in total. The third kappa shape index (κ3) is 3.09. The Hall–Kier alpha value is -0.990. The van der Waals surface area contributed by atoms with Crippen molar-refractivity contribution in [2.75, 3.05) is 0 Å². The van der Waals surface area contributed by atoms with Crippen molar-refractivity contribution in [3.63, 3.8) is 0 Å². The van der Waals surface area contributed by atoms with Gasteiger partial charge in [0.2, 0.25) is 0 Å². The van der Waals surface area contributed by atoms with Gasteiger partial charge < -0.3 is 10.6 Å². The van der Waals surface area contributed by atoms with Crippen LogP contribution in [0.15, 0.2) is 12.8 Å². The zero-order valence-electron chi connectivity index (χ0n) is 8.18. The monoisotopic (exact) mass is 182 g/mol. The Bertz CT molecular complexity index is 191. The van der Waals surface area contributed by atoms with Crippen LogP contribution in [0.1, 0.15) is 32.6 Å². The summed E-state index contributed by atoms with van der Waals surface area (Å²) in [5.41, 5.74) is 0. The van der Waals surface area contributed by atoms with Gasteiger partial charge in [-0.15, -0.1) is 0 Å². The van der Waals surface area contributed by atoms with E-state index in [4.69, 9.17) is 0 Å². The zero-order chi connectivity index (χ0) is 9.68. The van der Waals surface area contributed by atoms with Crippen molar-refractivity contribution in [3.8, 4) is 0 Å². The number of rotatable bonds is 2. The second-order valence-electron chi connectivity index (χ2n) is 3.69. The first-order valence-electron chi connectivity index (χ1n) is 4.92. The third-order valence-electron chi connectivity index (χ3n) is 2.66. The summed E-state index contributed by atoms with van der Waals surface area (Å²) >= 11 is 0. The zero-order valence-corrected chi connectivity index (χ0v) is 8.18. The van der Waals surface area contributed by atoms with Crippen LogP contribution in [-0.2, 0) is 0 Å². The van der Waals surface area contributed by atoms with Gasteiger partial charge in [-0.05, 0) is 25.0 Å². The molecule has 74 valence electrons. The van der Waals surface area contributed by atoms with Crippen molar-refractivity contribution in [1.29, 1.82) is 0 Å². The lowest BCUT2D eigenvalue weighted by Crippen LogP contribution is -2.44. The van der Waals surface area contributed by atoms with Gasteiger partial charge in [0.1, 0.15) is 0 Å². The van der Waals surface area contributed by atoms with E-state index in [9.17, 15) is 4.79 Å². The van der Waals surface area contributed by atoms with Gasteiger partial charge in [-0.25, -0.2) is 4.79 Å². The van der Waals surface area contributed by atoms with Crippen LogP contribution in [0.25, 0.3) is 0 Å². The van der Waals surface area contributed by atoms with Gasteiger partial charge in [0, 0.05) is 6.04 Å². The van der Waals surface area contributed by atoms with E-state index < -0.39 is 0 Å². The molecule has 1 fully saturated rings. The average Bonchev–Trinajstić information content (AvgIpc) is 2.09. The highest BCUT2D eigenvalue weighted by molar-refractivity contribution is 5.75. The molecule has 0 spiro atoms. The summed E-state index contributed by atoms with van der Waals surface area (Å²) in [7, 11) is 0. The van der Waals surface area contributed by atoms with Gasteiger partial charge in [0.25, 0.3) is 0 Å². The molecule has 1 aliphatic carbocycles. The quantitative estimate of drug-likeness (QED) is 0.674. The number of hydrogen-bond acceptors (Lipinski definition) is 1. The number of hydrogen-bond donors (Lipinski definition) is 2. The fourth-order valence-electron chi connectivity index (χ4n) is 1.83. The van der Waals surface area contributed by atoms with E-state index in [0.29, 0.717) is 12.0 Å². The van der Waals surface area contributed by atoms with Crippen molar-refractivity contribution >= 4 is 6.03 Å². The molecule has 0 saturated heterocycles. The summed E-state index contributed by atoms with van der Waals surface area (Å²) in [5, 5.41) is 5.48. The molecular formula is C10H18N2O. The molecule has 13 heavy (non-hydrogen) atoms. The Balaban J connectivity index is 2.33. The molecule has 0 aliphatic heterocycles. The van der Waals surface area contributed by atoms with Gasteiger partial charge >= 0.3 is 6.03 Å². The van der Waals surface area contributed by atoms with Crippen LogP contribution in [0.5, 0.6) is 0 Å². The molecule has 2 amide bonds. The molecule has 3 heteroatoms. The molecular weight excluding hydrogens is 164 g/mol. The lowest BCUT2D eigenvalue weighted by molar-refractivity contribution is 0.225. The maximum Gasteiger partial charge on any atom is 0.318 e. The Labute approximate surface area is 79.6 Å². The molecule has 0 aromatic rings. The number of carbonyl (C=O) groups is 1. The molecule has 2 unspecified atom stereocenters. The van der Waals surface area contributed by atoms with E-state index in [1.807, 2.05) is 0 Å². The highest BCUT2D eigenvalue weighted by Gasteiger charge is 2.22. The van der Waals surface area contributed by atoms with Crippen LogP contribution >= 0.6 is 0 Å². The molecule has 0 aromatic carbocycles. The summed E-state index contributed by atoms with van der Waals surface area (Å²) < 4.78 is 0. The molecule has 2 atom stereocenters. The van der Waals surface area contributed by atoms with Crippen molar-refractivity contribution in [1.82, 2.24) is 10.6 Å². The summed E-state index contributed by atoms with van der Waals surface area (Å²) in [5.74, 6) is 0.601. The predicted octanol–water partition coefficient (Wildman–Crippen LogP) is 2.01. The van der Waals surface area contributed by atoms with E-state index >= 15 is 0 Å². The lowest BCUT2D eigenvalue weighted by Gasteiger charge is -2.29. The third-order valence-corrected chi connectivity index (χ3v) is 2.66. The van der Waals surface area contributed by atoms with Crippen molar-refractivity contribution in [3.05, 3.63) is 12.8 Å². The maximum absolute atomic E-state index is 11.2. The minimum atomic E-state index is -0.131. The second-order valence-corrected chi connectivity index (χ2v) is 3.69. The molecule has 0 radical (unpaired) electrons. The van der Waals surface area contributed by atoms with Crippen LogP contribution in [0.2, 0.25) is 0 Å². The van der Waals surface area contributed by atoms with Gasteiger partial charge in [0.05, 0.1) is 0 Å². The lowest BCUT2D eigenvalue weighted by atomic mass is 9.86. The minimum absolute atomic E-state index is 0.131. The normalized spacial score (nSPS) is 27.8. The highest BCUT2D eigenvalue weighted by Crippen LogP contribution is 2.23. The Morgan fingerprint density at radius 3 is 2.77 bits per heavy atom. The molecule has 1 aliphatic rings. The Morgan fingerprint density at radius 1 is 1.46 bits per heavy atom. The standard InChI is InChI=1S/C10H18N2O/c1-3-11-10(13)12-9-7-5-4-6-8(9)2/h3,8-9H,1,4-7H2,2H3,(H2,11,12,13). The van der Waals surface area contributed by atoms with Crippen LogP contribution in [0.3, 0.4) is 0 Å². The van der Waals surface area contributed by atoms with Crippen molar-refractivity contribution in [2.24, 2.45) is 5.92 Å². The minimum Gasteiger partial charge on any atom is -0.335 e. The number of carbonyl (C=O) groups excluding carboxylic acids is 1. The van der Waals surface area contributed by atoms with E-state index in [-0.39, 0.29) is 6.03 Å². The Kier molecular flexibility index (Phi) is 3.80. The fourth-order valence-corrected chi connectivity index (χ4v) is 1.83. The van der Waals surface area contributed by atoms with E-state index in [1.165, 1.54) is 25.5 Å². The smallest absolute Gasteiger partial charge is 0.318 e. The van der Waals surface area contributed by atoms with Gasteiger partial charge in [0.15, 0.2) is 0 Å². The summed E-state index contributed by atoms with van der Waals surface area (Å²) in [6, 6.07) is 0.211. The topological polar surface area (TPSA) is 41.1 Å². The van der Waals surface area contributed by atoms with Crippen molar-refractivity contribution in [2.45, 2.75) is 38.6 Å². The number of amides is 2. The van der Waals surface area contributed by atoms with Crippen LogP contribution in [-0.4, -0.2) is 12.1 Å². The molecule has 1 saturated carbocycles. The fraction of sp³-hybridized carbons (Fsp3) is 0.700. The van der Waals surface area contributed by atoms with Gasteiger partial charge in [-0.1, -0.05) is 26.3 Å². The van der Waals surface area contributed by atoms with Crippen LogP contribution in [0, 0.1) is 5.92 Å². The summed E-state index contributed by atoms with van der Waals surface area (Å²) in [6.07, 6.45) is 6.25. The predicted molar refractivity (Wildman–Crippen MR) is 53.3 cm³/mol. The molecule has 1 rings (SSSR count). The first-order valence-corrected chi connectivity index (χ1v) is 4.92. The first kappa shape index (κ1) is 10.1. The SMILES string of the molecule is C=CNC(=O)NC1CCCCC1C. The largest absolute Gasteiger partial charge is 0.335 e. The summed E-state index contributed by atoms with van der Waals surface area (Å²) in [4.78, 5) is 11.2. The molecule has 0 bridgehead atoms. The molecule has 0 heterocycles. The number of urea groups is 1. The summed E-state index contributed by atoms with van der Waals surface area (Å²) in [6.45, 7) is 5.63. The van der Waals surface area contributed by atoms with Crippen LogP contribution < -0.4 is 10.6 Å². The molecule has 0 aromatic heterocycles. The van der Waals surface area contributed by atoms with E-state index in [0.717, 1.165) is 6.42 Å². The first-order chi connectivity index (χ1) is 6.24. The molecule has 2 N–H and O–H groups in total. The number of nitrogens with one attached hydrogen (secondary N) is 2. The average molecular weight is 182 g/mol. The van der Waals surface area contributed by atoms with Crippen LogP contribution in [0.4, 0.5) is 4.79 Å². The van der Waals surface area contributed by atoms with E-state index in [2.05, 4.69) is 24.1 Å². The maximum atomic E-state index is 11.2. The van der Waals surface area contributed by atoms with E-state index in [1.54, 1.807) is 0 Å².